The molecule has 2 aromatic rings. The van der Waals surface area contributed by atoms with E-state index in [0.717, 1.165) is 11.1 Å². The molecule has 0 amide bonds. The summed E-state index contributed by atoms with van der Waals surface area (Å²) in [5.74, 6) is 0.747. The van der Waals surface area contributed by atoms with Crippen molar-refractivity contribution in [1.82, 2.24) is 4.57 Å². The largest absolute Gasteiger partial charge is 0.463 e. The molecule has 1 unspecified atom stereocenters. The first-order chi connectivity index (χ1) is 13.4. The van der Waals surface area contributed by atoms with Crippen molar-refractivity contribution in [2.45, 2.75) is 33.7 Å². The molecule has 3 heterocycles. The third kappa shape index (κ3) is 2.84. The Kier molecular flexibility index (Phi) is 4.58. The molecule has 0 aliphatic carbocycles. The summed E-state index contributed by atoms with van der Waals surface area (Å²) < 4.78 is 18.4. The van der Waals surface area contributed by atoms with Crippen LogP contribution in [0.2, 0.25) is 0 Å². The molecule has 0 saturated carbocycles. The lowest BCUT2D eigenvalue weighted by atomic mass is 9.95. The summed E-state index contributed by atoms with van der Waals surface area (Å²) in [5, 5.41) is 0. The second-order valence-corrected chi connectivity index (χ2v) is 7.71. The first kappa shape index (κ1) is 18.5. The van der Waals surface area contributed by atoms with E-state index in [1.54, 1.807) is 30.5 Å². The third-order valence-corrected chi connectivity index (χ3v) is 5.92. The van der Waals surface area contributed by atoms with Crippen LogP contribution >= 0.6 is 11.3 Å². The Balaban J connectivity index is 2.00. The number of benzene rings is 1. The summed E-state index contributed by atoms with van der Waals surface area (Å²) in [4.78, 5) is 31.0. The molecule has 0 bridgehead atoms. The Morgan fingerprint density at radius 1 is 1.32 bits per heavy atom. The zero-order valence-electron chi connectivity index (χ0n) is 16.1. The van der Waals surface area contributed by atoms with Crippen LogP contribution in [0, 0.1) is 0 Å². The fourth-order valence-corrected chi connectivity index (χ4v) is 4.44. The Morgan fingerprint density at radius 3 is 2.79 bits per heavy atom. The lowest BCUT2D eigenvalue weighted by Crippen LogP contribution is -2.40. The molecule has 1 atom stereocenters. The summed E-state index contributed by atoms with van der Waals surface area (Å²) in [6, 6.07) is 4.79. The van der Waals surface area contributed by atoms with Gasteiger partial charge in [-0.15, -0.1) is 0 Å². The molecule has 0 spiro atoms. The molecule has 4 rings (SSSR count). The summed E-state index contributed by atoms with van der Waals surface area (Å²) in [6.07, 6.45) is 0. The van der Waals surface area contributed by atoms with E-state index in [-0.39, 0.29) is 19.0 Å². The fourth-order valence-electron chi connectivity index (χ4n) is 3.40. The second kappa shape index (κ2) is 6.94. The van der Waals surface area contributed by atoms with Gasteiger partial charge in [0, 0.05) is 0 Å². The number of esters is 1. The summed E-state index contributed by atoms with van der Waals surface area (Å²) in [7, 11) is 0. The van der Waals surface area contributed by atoms with E-state index >= 15 is 0 Å². The van der Waals surface area contributed by atoms with Crippen molar-refractivity contribution >= 4 is 22.9 Å². The number of carbonyl (C=O) groups excluding carboxylic acids is 1. The fraction of sp³-hybridized carbons (Fsp3) is 0.350. The van der Waals surface area contributed by atoms with Crippen molar-refractivity contribution in [2.24, 2.45) is 4.99 Å². The maximum absolute atomic E-state index is 13.2. The van der Waals surface area contributed by atoms with Crippen LogP contribution in [0.5, 0.6) is 11.5 Å². The number of nitrogens with zero attached hydrogens (tertiary/aromatic N) is 2. The maximum atomic E-state index is 13.2. The average Bonchev–Trinajstić information content (AvgIpc) is 3.24. The highest BCUT2D eigenvalue weighted by molar-refractivity contribution is 7.07. The minimum Gasteiger partial charge on any atom is -0.463 e. The highest BCUT2D eigenvalue weighted by Gasteiger charge is 2.34. The van der Waals surface area contributed by atoms with Crippen LogP contribution < -0.4 is 24.4 Å². The zero-order chi connectivity index (χ0) is 20.0. The first-order valence-electron chi connectivity index (χ1n) is 8.97. The molecule has 2 aliphatic rings. The molecule has 0 radical (unpaired) electrons. The molecule has 28 heavy (non-hydrogen) atoms. The summed E-state index contributed by atoms with van der Waals surface area (Å²) in [5.41, 5.74) is 2.38. The predicted octanol–water partition coefficient (Wildman–Crippen LogP) is 1.89. The van der Waals surface area contributed by atoms with E-state index in [1.165, 1.54) is 11.3 Å². The molecular weight excluding hydrogens is 380 g/mol. The topological polar surface area (TPSA) is 79.1 Å². The molecule has 1 aromatic heterocycles. The van der Waals surface area contributed by atoms with Crippen LogP contribution in [0.4, 0.5) is 0 Å². The molecular formula is C20H20N2O5S. The standard InChI is InChI=1S/C20H20N2O5S/c1-5-25-19(24)15-11(4)21-20-22(18(23)17(28-20)10(2)3)16(15)12-6-7-13-14(8-12)27-9-26-13/h6-8,16H,5,9H2,1-4H3. The second-order valence-electron chi connectivity index (χ2n) is 6.74. The SMILES string of the molecule is CCOC(=O)C1=C(C)N=c2sc(=C(C)C)c(=O)n2C1c1ccc2c(c1)OCO2. The molecule has 7 nitrogen and oxygen atoms in total. The lowest BCUT2D eigenvalue weighted by molar-refractivity contribution is -0.139. The monoisotopic (exact) mass is 400 g/mol. The van der Waals surface area contributed by atoms with Crippen LogP contribution in [0.15, 0.2) is 39.3 Å². The minimum absolute atomic E-state index is 0.149. The first-order valence-corrected chi connectivity index (χ1v) is 9.79. The number of aromatic nitrogens is 1. The normalized spacial score (nSPS) is 17.2. The van der Waals surface area contributed by atoms with Crippen molar-refractivity contribution in [3.05, 3.63) is 54.7 Å². The number of thiazole rings is 1. The van der Waals surface area contributed by atoms with Gasteiger partial charge in [-0.2, -0.15) is 0 Å². The van der Waals surface area contributed by atoms with Gasteiger partial charge in [0.15, 0.2) is 16.3 Å². The van der Waals surface area contributed by atoms with Crippen LogP contribution in [-0.4, -0.2) is 23.9 Å². The van der Waals surface area contributed by atoms with Gasteiger partial charge in [0.2, 0.25) is 6.79 Å². The number of fused-ring (bicyclic) bond motifs is 2. The van der Waals surface area contributed by atoms with Gasteiger partial charge < -0.3 is 14.2 Å². The van der Waals surface area contributed by atoms with E-state index in [1.807, 2.05) is 19.9 Å². The van der Waals surface area contributed by atoms with E-state index < -0.39 is 12.0 Å². The smallest absolute Gasteiger partial charge is 0.338 e. The van der Waals surface area contributed by atoms with Gasteiger partial charge in [0.1, 0.15) is 0 Å². The van der Waals surface area contributed by atoms with Crippen LogP contribution in [0.25, 0.3) is 5.57 Å². The van der Waals surface area contributed by atoms with Crippen molar-refractivity contribution < 1.29 is 19.0 Å². The minimum atomic E-state index is -0.641. The van der Waals surface area contributed by atoms with Crippen molar-refractivity contribution in [3.63, 3.8) is 0 Å². The number of hydrogen-bond donors (Lipinski definition) is 0. The Morgan fingerprint density at radius 2 is 2.07 bits per heavy atom. The van der Waals surface area contributed by atoms with E-state index in [9.17, 15) is 9.59 Å². The van der Waals surface area contributed by atoms with E-state index in [2.05, 4.69) is 4.99 Å². The van der Waals surface area contributed by atoms with Gasteiger partial charge >= 0.3 is 5.97 Å². The van der Waals surface area contributed by atoms with Crippen LogP contribution in [-0.2, 0) is 9.53 Å². The lowest BCUT2D eigenvalue weighted by Gasteiger charge is -2.24. The number of rotatable bonds is 3. The van der Waals surface area contributed by atoms with E-state index in [0.29, 0.717) is 32.1 Å². The maximum Gasteiger partial charge on any atom is 0.338 e. The Labute approximate surface area is 165 Å². The molecule has 8 heteroatoms. The van der Waals surface area contributed by atoms with Gasteiger partial charge in [0.25, 0.3) is 5.56 Å². The number of hydrogen-bond acceptors (Lipinski definition) is 7. The number of carbonyl (C=O) groups is 1. The molecule has 0 N–H and O–H groups in total. The third-order valence-electron chi connectivity index (χ3n) is 4.66. The van der Waals surface area contributed by atoms with Crippen LogP contribution in [0.3, 0.4) is 0 Å². The molecule has 146 valence electrons. The van der Waals surface area contributed by atoms with Crippen LogP contribution in [0.1, 0.15) is 39.3 Å². The highest BCUT2D eigenvalue weighted by atomic mass is 32.1. The van der Waals surface area contributed by atoms with Gasteiger partial charge in [0.05, 0.1) is 28.5 Å². The number of ether oxygens (including phenoxy) is 3. The van der Waals surface area contributed by atoms with Gasteiger partial charge in [-0.3, -0.25) is 9.36 Å². The Hall–Kier alpha value is -2.87. The van der Waals surface area contributed by atoms with E-state index in [4.69, 9.17) is 14.2 Å². The molecule has 2 aliphatic heterocycles. The summed E-state index contributed by atoms with van der Waals surface area (Å²) in [6.45, 7) is 7.68. The number of allylic oxidation sites excluding steroid dienone is 1. The zero-order valence-corrected chi connectivity index (χ0v) is 16.9. The molecule has 0 saturated heterocycles. The van der Waals surface area contributed by atoms with Crippen molar-refractivity contribution in [3.8, 4) is 11.5 Å². The van der Waals surface area contributed by atoms with Gasteiger partial charge in [-0.05, 0) is 45.4 Å². The predicted molar refractivity (Wildman–Crippen MR) is 104 cm³/mol. The molecule has 1 aromatic carbocycles. The van der Waals surface area contributed by atoms with Gasteiger partial charge in [-0.25, -0.2) is 9.79 Å². The highest BCUT2D eigenvalue weighted by Crippen LogP contribution is 2.38. The molecule has 0 fully saturated rings. The van der Waals surface area contributed by atoms with Crippen molar-refractivity contribution in [1.29, 1.82) is 0 Å². The quantitative estimate of drug-likeness (QED) is 0.735. The summed E-state index contributed by atoms with van der Waals surface area (Å²) >= 11 is 1.33. The average molecular weight is 400 g/mol. The van der Waals surface area contributed by atoms with Gasteiger partial charge in [-0.1, -0.05) is 23.0 Å². The Bertz CT molecular complexity index is 1180. The van der Waals surface area contributed by atoms with Crippen molar-refractivity contribution in [2.75, 3.05) is 13.4 Å².